The molecular weight excluding hydrogens is 344 g/mol. The van der Waals surface area contributed by atoms with E-state index < -0.39 is 21.8 Å². The van der Waals surface area contributed by atoms with Gasteiger partial charge in [0, 0.05) is 32.3 Å². The number of carbonyl (C=O) groups is 2. The summed E-state index contributed by atoms with van der Waals surface area (Å²) in [6.45, 7) is 2.26. The fourth-order valence-electron chi connectivity index (χ4n) is 3.36. The highest BCUT2D eigenvalue weighted by molar-refractivity contribution is 7.90. The summed E-state index contributed by atoms with van der Waals surface area (Å²) in [7, 11) is -2.29. The van der Waals surface area contributed by atoms with Crippen LogP contribution < -0.4 is 4.72 Å². The molecule has 1 saturated heterocycles. The zero-order valence-electron chi connectivity index (χ0n) is 14.6. The fraction of sp³-hybridized carbons (Fsp3) is 0.688. The van der Waals surface area contributed by atoms with E-state index in [2.05, 4.69) is 9.71 Å². The van der Waals surface area contributed by atoms with Crippen LogP contribution in [0.1, 0.15) is 37.9 Å². The summed E-state index contributed by atoms with van der Waals surface area (Å²) in [6, 6.07) is 0. The van der Waals surface area contributed by atoms with Crippen molar-refractivity contribution in [3.8, 4) is 0 Å². The van der Waals surface area contributed by atoms with Gasteiger partial charge in [-0.25, -0.2) is 9.71 Å². The predicted molar refractivity (Wildman–Crippen MR) is 89.9 cm³/mol. The van der Waals surface area contributed by atoms with Gasteiger partial charge in [0.2, 0.25) is 11.8 Å². The van der Waals surface area contributed by atoms with Crippen molar-refractivity contribution in [2.24, 2.45) is 18.9 Å². The summed E-state index contributed by atoms with van der Waals surface area (Å²) in [5.74, 6) is -0.339. The minimum Gasteiger partial charge on any atom is -0.341 e. The second-order valence-electron chi connectivity index (χ2n) is 6.98. The lowest BCUT2D eigenvalue weighted by atomic mass is 9.86. The van der Waals surface area contributed by atoms with E-state index in [-0.39, 0.29) is 29.9 Å². The Morgan fingerprint density at radius 1 is 1.16 bits per heavy atom. The third kappa shape index (κ3) is 3.70. The molecule has 0 aromatic carbocycles. The summed E-state index contributed by atoms with van der Waals surface area (Å²) in [5.41, 5.74) is 0. The molecule has 2 amide bonds. The van der Waals surface area contributed by atoms with Gasteiger partial charge in [0.15, 0.2) is 5.03 Å². The number of rotatable bonds is 4. The standard InChI is InChI=1S/C16H24N4O4S/c1-11-17-14(10-19(11)2)25(23,24)18-15(21)13-8-20(9-13)16(22)12-6-4-3-5-7-12/h10,12-13H,3-9H2,1-2H3,(H,18,21). The van der Waals surface area contributed by atoms with Gasteiger partial charge in [-0.2, -0.15) is 8.42 Å². The van der Waals surface area contributed by atoms with E-state index >= 15 is 0 Å². The quantitative estimate of drug-likeness (QED) is 0.837. The Hall–Kier alpha value is -1.90. The average Bonchev–Trinajstić information content (AvgIpc) is 2.86. The number of sulfonamides is 1. The van der Waals surface area contributed by atoms with Crippen molar-refractivity contribution in [1.82, 2.24) is 19.2 Å². The summed E-state index contributed by atoms with van der Waals surface area (Å²) in [4.78, 5) is 30.1. The van der Waals surface area contributed by atoms with Crippen LogP contribution in [0.3, 0.4) is 0 Å². The fourth-order valence-corrected chi connectivity index (χ4v) is 4.44. The largest absolute Gasteiger partial charge is 0.341 e. The van der Waals surface area contributed by atoms with Crippen LogP contribution in [0.2, 0.25) is 0 Å². The molecule has 138 valence electrons. The second kappa shape index (κ2) is 6.78. The Labute approximate surface area is 147 Å². The molecule has 9 heteroatoms. The number of nitrogens with one attached hydrogen (secondary N) is 1. The molecule has 1 aliphatic carbocycles. The van der Waals surface area contributed by atoms with Gasteiger partial charge >= 0.3 is 0 Å². The minimum absolute atomic E-state index is 0.0676. The number of aromatic nitrogens is 2. The third-order valence-electron chi connectivity index (χ3n) is 5.12. The molecule has 25 heavy (non-hydrogen) atoms. The zero-order chi connectivity index (χ0) is 18.2. The second-order valence-corrected chi connectivity index (χ2v) is 8.61. The SMILES string of the molecule is Cc1nc(S(=O)(=O)NC(=O)C2CN(C(=O)C3CCCCC3)C2)cn1C. The number of carbonyl (C=O) groups excluding carboxylic acids is 2. The first-order valence-electron chi connectivity index (χ1n) is 8.63. The van der Waals surface area contributed by atoms with Gasteiger partial charge in [-0.1, -0.05) is 19.3 Å². The summed E-state index contributed by atoms with van der Waals surface area (Å²) < 4.78 is 28.1. The van der Waals surface area contributed by atoms with Gasteiger partial charge in [-0.05, 0) is 19.8 Å². The smallest absolute Gasteiger partial charge is 0.283 e. The van der Waals surface area contributed by atoms with Crippen molar-refractivity contribution in [3.05, 3.63) is 12.0 Å². The molecule has 1 aromatic rings. The molecule has 0 radical (unpaired) electrons. The maximum atomic E-state index is 12.4. The number of nitrogens with zero attached hydrogens (tertiary/aromatic N) is 3. The molecule has 2 fully saturated rings. The van der Waals surface area contributed by atoms with E-state index in [0.29, 0.717) is 5.82 Å². The number of imidazole rings is 1. The van der Waals surface area contributed by atoms with Crippen molar-refractivity contribution in [1.29, 1.82) is 0 Å². The van der Waals surface area contributed by atoms with E-state index in [1.54, 1.807) is 23.4 Å². The molecule has 0 atom stereocenters. The Balaban J connectivity index is 1.54. The highest BCUT2D eigenvalue weighted by Crippen LogP contribution is 2.28. The molecule has 1 N–H and O–H groups in total. The molecule has 0 unspecified atom stereocenters. The van der Waals surface area contributed by atoms with Crippen LogP contribution >= 0.6 is 0 Å². The molecule has 1 saturated carbocycles. The average molecular weight is 368 g/mol. The Morgan fingerprint density at radius 3 is 2.36 bits per heavy atom. The van der Waals surface area contributed by atoms with Crippen LogP contribution in [-0.2, 0) is 26.7 Å². The molecule has 0 bridgehead atoms. The minimum atomic E-state index is -3.98. The highest BCUT2D eigenvalue weighted by atomic mass is 32.2. The number of likely N-dealkylation sites (tertiary alicyclic amines) is 1. The first-order valence-corrected chi connectivity index (χ1v) is 10.1. The maximum Gasteiger partial charge on any atom is 0.283 e. The molecule has 8 nitrogen and oxygen atoms in total. The molecular formula is C16H24N4O4S. The lowest BCUT2D eigenvalue weighted by molar-refractivity contribution is -0.146. The van der Waals surface area contributed by atoms with Gasteiger partial charge in [-0.15, -0.1) is 0 Å². The van der Waals surface area contributed by atoms with Crippen LogP contribution in [-0.4, -0.2) is 47.8 Å². The molecule has 3 rings (SSSR count). The highest BCUT2D eigenvalue weighted by Gasteiger charge is 2.39. The summed E-state index contributed by atoms with van der Waals surface area (Å²) >= 11 is 0. The number of hydrogen-bond acceptors (Lipinski definition) is 5. The lowest BCUT2D eigenvalue weighted by Crippen LogP contribution is -2.57. The third-order valence-corrected chi connectivity index (χ3v) is 6.33. The number of amides is 2. The summed E-state index contributed by atoms with van der Waals surface area (Å²) in [6.07, 6.45) is 6.54. The van der Waals surface area contributed by atoms with Gasteiger partial charge in [-0.3, -0.25) is 9.59 Å². The van der Waals surface area contributed by atoms with E-state index in [0.717, 1.165) is 25.7 Å². The van der Waals surface area contributed by atoms with E-state index in [1.165, 1.54) is 12.6 Å². The van der Waals surface area contributed by atoms with E-state index in [1.807, 2.05) is 0 Å². The van der Waals surface area contributed by atoms with Crippen molar-refractivity contribution < 1.29 is 18.0 Å². The first-order chi connectivity index (χ1) is 11.8. The van der Waals surface area contributed by atoms with Crippen LogP contribution in [0.5, 0.6) is 0 Å². The van der Waals surface area contributed by atoms with Crippen molar-refractivity contribution >= 4 is 21.8 Å². The van der Waals surface area contributed by atoms with Crippen LogP contribution in [0.25, 0.3) is 0 Å². The lowest BCUT2D eigenvalue weighted by Gasteiger charge is -2.40. The Kier molecular flexibility index (Phi) is 4.86. The van der Waals surface area contributed by atoms with Crippen molar-refractivity contribution in [2.75, 3.05) is 13.1 Å². The van der Waals surface area contributed by atoms with Crippen molar-refractivity contribution in [2.45, 2.75) is 44.1 Å². The zero-order valence-corrected chi connectivity index (χ0v) is 15.4. The molecule has 1 aromatic heterocycles. The number of hydrogen-bond donors (Lipinski definition) is 1. The van der Waals surface area contributed by atoms with Crippen LogP contribution in [0.15, 0.2) is 11.2 Å². The van der Waals surface area contributed by atoms with Crippen molar-refractivity contribution in [3.63, 3.8) is 0 Å². The van der Waals surface area contributed by atoms with Gasteiger partial charge in [0.1, 0.15) is 5.82 Å². The maximum absolute atomic E-state index is 12.4. The monoisotopic (exact) mass is 368 g/mol. The van der Waals surface area contributed by atoms with Crippen LogP contribution in [0.4, 0.5) is 0 Å². The number of aryl methyl sites for hydroxylation is 2. The van der Waals surface area contributed by atoms with Gasteiger partial charge < -0.3 is 9.47 Å². The Bertz CT molecular complexity index is 755. The molecule has 0 spiro atoms. The topological polar surface area (TPSA) is 101 Å². The molecule has 2 heterocycles. The molecule has 2 aliphatic rings. The van der Waals surface area contributed by atoms with Gasteiger partial charge in [0.05, 0.1) is 5.92 Å². The molecule has 1 aliphatic heterocycles. The van der Waals surface area contributed by atoms with E-state index in [4.69, 9.17) is 0 Å². The van der Waals surface area contributed by atoms with Gasteiger partial charge in [0.25, 0.3) is 10.0 Å². The van der Waals surface area contributed by atoms with E-state index in [9.17, 15) is 18.0 Å². The first kappa shape index (κ1) is 17.9. The Morgan fingerprint density at radius 2 is 1.80 bits per heavy atom. The normalized spacial score (nSPS) is 19.5. The van der Waals surface area contributed by atoms with Crippen LogP contribution in [0, 0.1) is 18.8 Å². The predicted octanol–water partition coefficient (Wildman–Crippen LogP) is 0.572. The summed E-state index contributed by atoms with van der Waals surface area (Å²) in [5, 5.41) is -0.171.